The lowest BCUT2D eigenvalue weighted by molar-refractivity contribution is 0.198. The molecule has 17 heavy (non-hydrogen) atoms. The fraction of sp³-hybridized carbons (Fsp3) is 0.600. The van der Waals surface area contributed by atoms with Crippen molar-refractivity contribution in [3.05, 3.63) is 35.4 Å². The number of benzene rings is 1. The molecule has 0 saturated carbocycles. The van der Waals surface area contributed by atoms with Crippen molar-refractivity contribution in [1.82, 2.24) is 0 Å². The number of rotatable bonds is 3. The first-order chi connectivity index (χ1) is 8.27. The van der Waals surface area contributed by atoms with E-state index in [-0.39, 0.29) is 0 Å². The van der Waals surface area contributed by atoms with E-state index in [0.717, 1.165) is 13.2 Å². The SMILES string of the molecule is C1CCOC1.CCC(C)c1ccc(CCl)cc1. The van der Waals surface area contributed by atoms with Gasteiger partial charge in [-0.15, -0.1) is 11.6 Å². The van der Waals surface area contributed by atoms with Gasteiger partial charge < -0.3 is 4.74 Å². The van der Waals surface area contributed by atoms with Gasteiger partial charge in [0.25, 0.3) is 0 Å². The van der Waals surface area contributed by atoms with Crippen LogP contribution in [0.3, 0.4) is 0 Å². The van der Waals surface area contributed by atoms with Gasteiger partial charge in [-0.1, -0.05) is 38.1 Å². The molecule has 1 unspecified atom stereocenters. The van der Waals surface area contributed by atoms with Gasteiger partial charge in [-0.2, -0.15) is 0 Å². The third-order valence-corrected chi connectivity index (χ3v) is 3.45. The second kappa shape index (κ2) is 8.54. The third kappa shape index (κ3) is 5.56. The average Bonchev–Trinajstić information content (AvgIpc) is 2.97. The van der Waals surface area contributed by atoms with Crippen LogP contribution in [-0.2, 0) is 10.6 Å². The quantitative estimate of drug-likeness (QED) is 0.709. The maximum atomic E-state index is 5.69. The van der Waals surface area contributed by atoms with Crippen LogP contribution in [0.2, 0.25) is 0 Å². The molecule has 1 aromatic rings. The van der Waals surface area contributed by atoms with Crippen molar-refractivity contribution in [2.24, 2.45) is 0 Å². The maximum Gasteiger partial charge on any atom is 0.0474 e. The molecule has 2 heteroatoms. The molecule has 1 heterocycles. The van der Waals surface area contributed by atoms with Gasteiger partial charge in [0.15, 0.2) is 0 Å². The van der Waals surface area contributed by atoms with Crippen molar-refractivity contribution in [3.63, 3.8) is 0 Å². The molecule has 96 valence electrons. The van der Waals surface area contributed by atoms with Crippen LogP contribution in [0.25, 0.3) is 0 Å². The molecule has 1 fully saturated rings. The van der Waals surface area contributed by atoms with E-state index in [1.165, 1.54) is 30.4 Å². The molecule has 0 radical (unpaired) electrons. The van der Waals surface area contributed by atoms with E-state index in [1.807, 2.05) is 0 Å². The van der Waals surface area contributed by atoms with Crippen molar-refractivity contribution in [1.29, 1.82) is 0 Å². The van der Waals surface area contributed by atoms with Gasteiger partial charge >= 0.3 is 0 Å². The van der Waals surface area contributed by atoms with Gasteiger partial charge in [0.1, 0.15) is 0 Å². The Hall–Kier alpha value is -0.530. The topological polar surface area (TPSA) is 9.23 Å². The van der Waals surface area contributed by atoms with Crippen molar-refractivity contribution in [2.45, 2.75) is 44.9 Å². The lowest BCUT2D eigenvalue weighted by Gasteiger charge is -2.08. The zero-order valence-electron chi connectivity index (χ0n) is 10.9. The van der Waals surface area contributed by atoms with Crippen LogP contribution < -0.4 is 0 Å². The smallest absolute Gasteiger partial charge is 0.0474 e. The van der Waals surface area contributed by atoms with E-state index in [2.05, 4.69) is 38.1 Å². The van der Waals surface area contributed by atoms with E-state index >= 15 is 0 Å². The maximum absolute atomic E-state index is 5.69. The molecular weight excluding hydrogens is 232 g/mol. The Morgan fingerprint density at radius 2 is 1.76 bits per heavy atom. The molecule has 1 aromatic carbocycles. The number of ether oxygens (including phenoxy) is 1. The average molecular weight is 255 g/mol. The number of hydrogen-bond acceptors (Lipinski definition) is 1. The molecule has 0 aromatic heterocycles. The highest BCUT2D eigenvalue weighted by molar-refractivity contribution is 6.17. The van der Waals surface area contributed by atoms with Crippen molar-refractivity contribution < 1.29 is 4.74 Å². The van der Waals surface area contributed by atoms with Crippen molar-refractivity contribution in [3.8, 4) is 0 Å². The summed E-state index contributed by atoms with van der Waals surface area (Å²) in [6, 6.07) is 8.56. The Balaban J connectivity index is 0.000000239. The van der Waals surface area contributed by atoms with Crippen molar-refractivity contribution >= 4 is 11.6 Å². The predicted molar refractivity (Wildman–Crippen MR) is 74.8 cm³/mol. The van der Waals surface area contributed by atoms with Crippen LogP contribution >= 0.6 is 11.6 Å². The molecule has 1 atom stereocenters. The number of halogens is 1. The Labute approximate surface area is 110 Å². The van der Waals surface area contributed by atoms with Gasteiger partial charge in [0.05, 0.1) is 0 Å². The molecule has 1 aliphatic rings. The highest BCUT2D eigenvalue weighted by Crippen LogP contribution is 2.19. The standard InChI is InChI=1S/C11H15Cl.C4H8O/c1-3-9(2)11-6-4-10(8-12)5-7-11;1-2-4-5-3-1/h4-7,9H,3,8H2,1-2H3;1-4H2. The van der Waals surface area contributed by atoms with Crippen LogP contribution in [0.15, 0.2) is 24.3 Å². The lowest BCUT2D eigenvalue weighted by Crippen LogP contribution is -1.90. The van der Waals surface area contributed by atoms with Gasteiger partial charge in [-0.3, -0.25) is 0 Å². The van der Waals surface area contributed by atoms with Gasteiger partial charge in [0, 0.05) is 19.1 Å². The molecule has 1 nitrogen and oxygen atoms in total. The van der Waals surface area contributed by atoms with Crippen molar-refractivity contribution in [2.75, 3.05) is 13.2 Å². The summed E-state index contributed by atoms with van der Waals surface area (Å²) in [4.78, 5) is 0. The minimum absolute atomic E-state index is 0.612. The normalized spacial score (nSPS) is 16.2. The fourth-order valence-corrected chi connectivity index (χ4v) is 1.86. The number of hydrogen-bond donors (Lipinski definition) is 0. The monoisotopic (exact) mass is 254 g/mol. The van der Waals surface area contributed by atoms with Gasteiger partial charge in [-0.25, -0.2) is 0 Å². The van der Waals surface area contributed by atoms with Crippen LogP contribution in [0, 0.1) is 0 Å². The Morgan fingerprint density at radius 1 is 1.18 bits per heavy atom. The summed E-state index contributed by atoms with van der Waals surface area (Å²) in [5, 5.41) is 0. The van der Waals surface area contributed by atoms with E-state index in [4.69, 9.17) is 16.3 Å². The van der Waals surface area contributed by atoms with Crippen LogP contribution in [0.4, 0.5) is 0 Å². The summed E-state index contributed by atoms with van der Waals surface area (Å²) in [5.41, 5.74) is 2.61. The Morgan fingerprint density at radius 3 is 2.12 bits per heavy atom. The summed E-state index contributed by atoms with van der Waals surface area (Å²) < 4.78 is 4.94. The third-order valence-electron chi connectivity index (χ3n) is 3.14. The second-order valence-corrected chi connectivity index (χ2v) is 4.77. The summed E-state index contributed by atoms with van der Waals surface area (Å²) >= 11 is 5.69. The fourth-order valence-electron chi connectivity index (χ4n) is 1.68. The Kier molecular flexibility index (Phi) is 7.30. The molecule has 1 saturated heterocycles. The molecular formula is C15H23ClO. The van der Waals surface area contributed by atoms with Crippen LogP contribution in [0.5, 0.6) is 0 Å². The molecule has 0 N–H and O–H groups in total. The first kappa shape index (κ1) is 14.5. The van der Waals surface area contributed by atoms with E-state index < -0.39 is 0 Å². The summed E-state index contributed by atoms with van der Waals surface area (Å²) in [7, 11) is 0. The summed E-state index contributed by atoms with van der Waals surface area (Å²) in [5.74, 6) is 1.27. The molecule has 0 amide bonds. The molecule has 0 bridgehead atoms. The Bertz CT molecular complexity index is 283. The van der Waals surface area contributed by atoms with E-state index in [9.17, 15) is 0 Å². The predicted octanol–water partition coefficient (Wildman–Crippen LogP) is 4.74. The molecule has 1 aliphatic heterocycles. The van der Waals surface area contributed by atoms with Gasteiger partial charge in [-0.05, 0) is 36.3 Å². The van der Waals surface area contributed by atoms with E-state index in [1.54, 1.807) is 0 Å². The zero-order chi connectivity index (χ0) is 12.5. The van der Waals surface area contributed by atoms with Crippen LogP contribution in [0.1, 0.15) is 50.2 Å². The largest absolute Gasteiger partial charge is 0.381 e. The summed E-state index contributed by atoms with van der Waals surface area (Å²) in [6.45, 7) is 6.45. The summed E-state index contributed by atoms with van der Waals surface area (Å²) in [6.07, 6.45) is 3.75. The first-order valence-electron chi connectivity index (χ1n) is 6.50. The highest BCUT2D eigenvalue weighted by atomic mass is 35.5. The molecule has 2 rings (SSSR count). The van der Waals surface area contributed by atoms with Crippen LogP contribution in [-0.4, -0.2) is 13.2 Å². The minimum atomic E-state index is 0.612. The lowest BCUT2D eigenvalue weighted by atomic mass is 9.98. The molecule has 0 aliphatic carbocycles. The molecule has 0 spiro atoms. The number of alkyl halides is 1. The minimum Gasteiger partial charge on any atom is -0.381 e. The highest BCUT2D eigenvalue weighted by Gasteiger charge is 2.01. The second-order valence-electron chi connectivity index (χ2n) is 4.50. The van der Waals surface area contributed by atoms with Gasteiger partial charge in [0.2, 0.25) is 0 Å². The van der Waals surface area contributed by atoms with E-state index in [0.29, 0.717) is 11.8 Å². The first-order valence-corrected chi connectivity index (χ1v) is 7.04. The zero-order valence-corrected chi connectivity index (χ0v) is 11.7.